The van der Waals surface area contributed by atoms with Gasteiger partial charge in [-0.05, 0) is 48.7 Å². The van der Waals surface area contributed by atoms with Crippen molar-refractivity contribution in [3.05, 3.63) is 95.6 Å². The number of methoxy groups -OCH3 is 1. The number of ether oxygens (including phenoxy) is 3. The van der Waals surface area contributed by atoms with Crippen molar-refractivity contribution in [1.82, 2.24) is 0 Å². The second-order valence-electron chi connectivity index (χ2n) is 9.24. The molecule has 2 aliphatic rings. The number of carbonyl (C=O) groups excluding carboxylic acids is 1. The first-order valence-electron chi connectivity index (χ1n) is 11.5. The number of para-hydroxylation sites is 1. The van der Waals surface area contributed by atoms with Gasteiger partial charge in [0.1, 0.15) is 23.4 Å². The molecule has 3 aromatic rings. The number of hydrogen-bond acceptors (Lipinski definition) is 5. The van der Waals surface area contributed by atoms with E-state index in [1.807, 2.05) is 92.7 Å². The number of benzene rings is 3. The molecule has 0 bridgehead atoms. The van der Waals surface area contributed by atoms with Crippen LogP contribution in [0.25, 0.3) is 0 Å². The van der Waals surface area contributed by atoms with Crippen molar-refractivity contribution in [3.63, 3.8) is 0 Å². The Morgan fingerprint density at radius 3 is 2.35 bits per heavy atom. The van der Waals surface area contributed by atoms with Gasteiger partial charge in [0.15, 0.2) is 5.79 Å². The fourth-order valence-electron chi connectivity index (χ4n) is 5.14. The normalized spacial score (nSPS) is 24.2. The highest BCUT2D eigenvalue weighted by atomic mass is 16.7. The van der Waals surface area contributed by atoms with Crippen molar-refractivity contribution in [2.45, 2.75) is 43.8 Å². The molecule has 3 atom stereocenters. The molecule has 2 heterocycles. The van der Waals surface area contributed by atoms with E-state index in [4.69, 9.17) is 14.2 Å². The number of rotatable bonds is 6. The Bertz CT molecular complexity index is 1180. The maximum absolute atomic E-state index is 14.4. The fourth-order valence-corrected chi connectivity index (χ4v) is 5.14. The van der Waals surface area contributed by atoms with Gasteiger partial charge in [0.2, 0.25) is 5.91 Å². The summed E-state index contributed by atoms with van der Waals surface area (Å²) in [5.41, 5.74) is 1.87. The lowest BCUT2D eigenvalue weighted by atomic mass is 9.69. The van der Waals surface area contributed by atoms with Crippen LogP contribution in [0.1, 0.15) is 30.5 Å². The molecule has 1 fully saturated rings. The summed E-state index contributed by atoms with van der Waals surface area (Å²) in [5, 5.41) is 11.9. The van der Waals surface area contributed by atoms with E-state index in [1.165, 1.54) is 0 Å². The second kappa shape index (κ2) is 8.55. The summed E-state index contributed by atoms with van der Waals surface area (Å²) in [4.78, 5) is 16.2. The third-order valence-electron chi connectivity index (χ3n) is 6.76. The van der Waals surface area contributed by atoms with Crippen molar-refractivity contribution in [1.29, 1.82) is 0 Å². The molecule has 0 saturated carbocycles. The second-order valence-corrected chi connectivity index (χ2v) is 9.24. The lowest BCUT2D eigenvalue weighted by molar-refractivity contribution is -0.159. The molecule has 3 aromatic carbocycles. The van der Waals surface area contributed by atoms with E-state index >= 15 is 0 Å². The van der Waals surface area contributed by atoms with Crippen molar-refractivity contribution < 1.29 is 24.1 Å². The number of carbonyl (C=O) groups is 1. The molecule has 0 radical (unpaired) electrons. The number of aliphatic hydroxyl groups excluding tert-OH is 1. The highest BCUT2D eigenvalue weighted by molar-refractivity contribution is 6.11. The van der Waals surface area contributed by atoms with E-state index in [0.29, 0.717) is 17.9 Å². The van der Waals surface area contributed by atoms with Crippen LogP contribution in [-0.4, -0.2) is 42.7 Å². The summed E-state index contributed by atoms with van der Waals surface area (Å²) in [7, 11) is 1.60. The van der Waals surface area contributed by atoms with Crippen molar-refractivity contribution in [2.24, 2.45) is 0 Å². The van der Waals surface area contributed by atoms with Crippen LogP contribution in [0.2, 0.25) is 0 Å². The summed E-state index contributed by atoms with van der Waals surface area (Å²) < 4.78 is 17.2. The van der Waals surface area contributed by atoms with Gasteiger partial charge >= 0.3 is 0 Å². The molecule has 176 valence electrons. The summed E-state index contributed by atoms with van der Waals surface area (Å²) >= 11 is 0. The van der Waals surface area contributed by atoms with E-state index < -0.39 is 23.4 Å². The van der Waals surface area contributed by atoms with Crippen LogP contribution < -0.4 is 9.64 Å². The molecule has 0 unspecified atom stereocenters. The van der Waals surface area contributed by atoms with Crippen molar-refractivity contribution in [2.75, 3.05) is 18.6 Å². The van der Waals surface area contributed by atoms with Crippen molar-refractivity contribution in [3.8, 4) is 5.75 Å². The van der Waals surface area contributed by atoms with Crippen LogP contribution in [0.3, 0.4) is 0 Å². The number of amides is 1. The molecule has 0 aliphatic carbocycles. The van der Waals surface area contributed by atoms with E-state index in [9.17, 15) is 9.90 Å². The number of nitrogens with zero attached hydrogens (tertiary/aromatic N) is 1. The van der Waals surface area contributed by atoms with Gasteiger partial charge in [0, 0.05) is 5.69 Å². The molecule has 6 heteroatoms. The molecular formula is C28H29NO5. The quantitative estimate of drug-likeness (QED) is 0.603. The van der Waals surface area contributed by atoms with E-state index in [2.05, 4.69) is 0 Å². The Labute approximate surface area is 199 Å². The van der Waals surface area contributed by atoms with Gasteiger partial charge in [0.05, 0.1) is 20.3 Å². The minimum absolute atomic E-state index is 0.191. The molecule has 34 heavy (non-hydrogen) atoms. The predicted molar refractivity (Wildman–Crippen MR) is 129 cm³/mol. The number of aliphatic hydroxyl groups is 1. The average Bonchev–Trinajstić information content (AvgIpc) is 3.34. The van der Waals surface area contributed by atoms with Gasteiger partial charge in [0.25, 0.3) is 0 Å². The van der Waals surface area contributed by atoms with E-state index in [0.717, 1.165) is 16.8 Å². The average molecular weight is 460 g/mol. The first-order valence-corrected chi connectivity index (χ1v) is 11.5. The van der Waals surface area contributed by atoms with Gasteiger partial charge in [-0.15, -0.1) is 0 Å². The van der Waals surface area contributed by atoms with Gasteiger partial charge in [-0.2, -0.15) is 0 Å². The van der Waals surface area contributed by atoms with Crippen molar-refractivity contribution >= 4 is 11.6 Å². The molecule has 0 aromatic heterocycles. The first-order chi connectivity index (χ1) is 16.4. The summed E-state index contributed by atoms with van der Waals surface area (Å²) in [6.07, 6.45) is -1.84. The van der Waals surface area contributed by atoms with E-state index in [-0.39, 0.29) is 12.5 Å². The van der Waals surface area contributed by atoms with Crippen LogP contribution in [-0.2, 0) is 26.2 Å². The van der Waals surface area contributed by atoms with Crippen LogP contribution in [0.4, 0.5) is 5.69 Å². The van der Waals surface area contributed by atoms with E-state index in [1.54, 1.807) is 12.0 Å². The lowest BCUT2D eigenvalue weighted by Gasteiger charge is -2.37. The Morgan fingerprint density at radius 2 is 1.71 bits per heavy atom. The maximum atomic E-state index is 14.4. The number of fused-ring (bicyclic) bond motifs is 1. The molecule has 2 aliphatic heterocycles. The van der Waals surface area contributed by atoms with Gasteiger partial charge < -0.3 is 24.2 Å². The topological polar surface area (TPSA) is 68.2 Å². The summed E-state index contributed by atoms with van der Waals surface area (Å²) in [5.74, 6) is -0.351. The molecule has 5 rings (SSSR count). The summed E-state index contributed by atoms with van der Waals surface area (Å²) in [6.45, 7) is 4.22. The molecular weight excluding hydrogens is 430 g/mol. The van der Waals surface area contributed by atoms with Crippen LogP contribution in [0.15, 0.2) is 78.9 Å². The zero-order valence-corrected chi connectivity index (χ0v) is 19.6. The highest BCUT2D eigenvalue weighted by Gasteiger charge is 2.60. The smallest absolute Gasteiger partial charge is 0.245 e. The number of hydrogen-bond donors (Lipinski definition) is 1. The first kappa shape index (κ1) is 22.6. The zero-order chi connectivity index (χ0) is 23.9. The Balaban J connectivity index is 1.67. The lowest BCUT2D eigenvalue weighted by Crippen LogP contribution is -2.54. The molecule has 6 nitrogen and oxygen atoms in total. The fraction of sp³-hybridized carbons (Fsp3) is 0.321. The molecule has 1 N–H and O–H groups in total. The van der Waals surface area contributed by atoms with Crippen LogP contribution in [0, 0.1) is 0 Å². The Kier molecular flexibility index (Phi) is 5.68. The maximum Gasteiger partial charge on any atom is 0.245 e. The SMILES string of the molecule is COc1ccc([C@]2([C@H](O)[C@H]3COC(C)(C)O3)C(=O)N(Cc3ccccc3)c3ccccc32)cc1. The molecule has 0 spiro atoms. The van der Waals surface area contributed by atoms with Crippen LogP contribution in [0.5, 0.6) is 5.75 Å². The predicted octanol–water partition coefficient (Wildman–Crippen LogP) is 4.04. The van der Waals surface area contributed by atoms with Crippen LogP contribution >= 0.6 is 0 Å². The highest BCUT2D eigenvalue weighted by Crippen LogP contribution is 2.50. The minimum Gasteiger partial charge on any atom is -0.497 e. The molecule has 1 saturated heterocycles. The van der Waals surface area contributed by atoms with Gasteiger partial charge in [-0.1, -0.05) is 60.7 Å². The Hall–Kier alpha value is -3.19. The number of anilines is 1. The third-order valence-corrected chi connectivity index (χ3v) is 6.76. The third kappa shape index (κ3) is 3.59. The largest absolute Gasteiger partial charge is 0.497 e. The monoisotopic (exact) mass is 459 g/mol. The zero-order valence-electron chi connectivity index (χ0n) is 19.6. The molecule has 1 amide bonds. The van der Waals surface area contributed by atoms with Gasteiger partial charge in [-0.3, -0.25) is 4.79 Å². The van der Waals surface area contributed by atoms with Gasteiger partial charge in [-0.25, -0.2) is 0 Å². The standard InChI is InChI=1S/C28H29NO5/c1-27(2)33-18-24(34-27)25(30)28(20-13-15-21(32-3)16-14-20)22-11-7-8-12-23(22)29(26(28)31)17-19-9-5-4-6-10-19/h4-16,24-25,30H,17-18H2,1-3H3/t24-,25-,28+/m1/s1. The Morgan fingerprint density at radius 1 is 1.03 bits per heavy atom. The summed E-state index contributed by atoms with van der Waals surface area (Å²) in [6, 6.07) is 24.9. The minimum atomic E-state index is -1.36.